The van der Waals surface area contributed by atoms with Crippen LogP contribution in [0, 0.1) is 5.41 Å². The average Bonchev–Trinajstić information content (AvgIpc) is 3.48. The molecule has 4 heterocycles. The van der Waals surface area contributed by atoms with Crippen molar-refractivity contribution in [1.82, 2.24) is 25.2 Å². The molecule has 0 aliphatic carbocycles. The second-order valence-electron chi connectivity index (χ2n) is 8.70. The van der Waals surface area contributed by atoms with E-state index in [1.807, 2.05) is 30.5 Å². The topological polar surface area (TPSA) is 137 Å². The van der Waals surface area contributed by atoms with Gasteiger partial charge in [-0.05, 0) is 49.7 Å². The molecule has 2 atom stereocenters. The maximum Gasteiger partial charge on any atom is 0.354 e. The lowest BCUT2D eigenvalue weighted by Gasteiger charge is -2.34. The van der Waals surface area contributed by atoms with Crippen LogP contribution in [-0.4, -0.2) is 65.9 Å². The molecule has 5 rings (SSSR count). The number of anilines is 1. The third kappa shape index (κ3) is 4.71. The zero-order valence-electron chi connectivity index (χ0n) is 18.5. The van der Waals surface area contributed by atoms with E-state index in [-0.39, 0.29) is 17.8 Å². The van der Waals surface area contributed by atoms with Crippen molar-refractivity contribution in [3.63, 3.8) is 0 Å². The summed E-state index contributed by atoms with van der Waals surface area (Å²) in [4.78, 5) is 22.6. The van der Waals surface area contributed by atoms with E-state index < -0.39 is 0 Å². The van der Waals surface area contributed by atoms with E-state index >= 15 is 0 Å². The molecule has 6 N–H and O–H groups in total. The second-order valence-corrected chi connectivity index (χ2v) is 8.70. The molecule has 174 valence electrons. The molecule has 1 unspecified atom stereocenters. The largest absolute Gasteiger partial charge is 0.374 e. The summed E-state index contributed by atoms with van der Waals surface area (Å²) in [5.74, 6) is 0.421. The van der Waals surface area contributed by atoms with Crippen LogP contribution in [0.15, 0.2) is 41.3 Å². The van der Waals surface area contributed by atoms with Crippen molar-refractivity contribution in [2.75, 3.05) is 44.2 Å². The Bertz CT molecular complexity index is 1180. The molecule has 0 bridgehead atoms. The number of hydrogen-bond donors (Lipinski definition) is 5. The first-order chi connectivity index (χ1) is 16.1. The van der Waals surface area contributed by atoms with Gasteiger partial charge in [0.25, 0.3) is 0 Å². The van der Waals surface area contributed by atoms with E-state index in [1.54, 1.807) is 4.57 Å². The molecular formula is C23H30N8O2. The predicted molar refractivity (Wildman–Crippen MR) is 128 cm³/mol. The van der Waals surface area contributed by atoms with Crippen molar-refractivity contribution < 1.29 is 4.74 Å². The second kappa shape index (κ2) is 9.24. The summed E-state index contributed by atoms with van der Waals surface area (Å²) < 4.78 is 7.45. The molecule has 0 amide bonds. The van der Waals surface area contributed by atoms with Crippen LogP contribution in [0.5, 0.6) is 0 Å². The molecule has 0 spiro atoms. The summed E-state index contributed by atoms with van der Waals surface area (Å²) in [6.45, 7) is 4.82. The van der Waals surface area contributed by atoms with E-state index in [4.69, 9.17) is 15.9 Å². The molecule has 2 aromatic heterocycles. The fourth-order valence-corrected chi connectivity index (χ4v) is 4.66. The number of ether oxygens (including phenoxy) is 1. The van der Waals surface area contributed by atoms with Crippen molar-refractivity contribution >= 4 is 22.7 Å². The number of nitrogens with one attached hydrogen (secondary N) is 4. The summed E-state index contributed by atoms with van der Waals surface area (Å²) in [7, 11) is 0. The van der Waals surface area contributed by atoms with Gasteiger partial charge in [0.2, 0.25) is 0 Å². The first-order valence-corrected chi connectivity index (χ1v) is 11.4. The van der Waals surface area contributed by atoms with Crippen molar-refractivity contribution in [3.05, 3.63) is 52.7 Å². The third-order valence-electron chi connectivity index (χ3n) is 6.44. The Morgan fingerprint density at radius 1 is 1.30 bits per heavy atom. The Hall–Kier alpha value is -3.37. The molecular weight excluding hydrogens is 420 g/mol. The van der Waals surface area contributed by atoms with Gasteiger partial charge in [-0.1, -0.05) is 0 Å². The van der Waals surface area contributed by atoms with Gasteiger partial charge in [0.15, 0.2) is 5.96 Å². The van der Waals surface area contributed by atoms with Gasteiger partial charge in [0.05, 0.1) is 18.4 Å². The van der Waals surface area contributed by atoms with Crippen molar-refractivity contribution in [1.29, 1.82) is 5.41 Å². The number of aromatic nitrogens is 3. The highest BCUT2D eigenvalue weighted by atomic mass is 16.5. The number of guanidine groups is 1. The smallest absolute Gasteiger partial charge is 0.354 e. The minimum atomic E-state index is -0.294. The van der Waals surface area contributed by atoms with E-state index in [0.29, 0.717) is 24.7 Å². The lowest BCUT2D eigenvalue weighted by atomic mass is 10.1. The summed E-state index contributed by atoms with van der Waals surface area (Å²) in [6.07, 6.45) is 3.82. The standard InChI is InChI=1S/C23H30N8O2/c24-22(25)27-8-6-19-14-30(9-10-33-19)17-1-3-18(4-2-17)31-13-16-11-20(15-5-7-26-12-15)28-21(16)29-23(31)32/h1-4,11,13,15,19,26H,5-10,12,14H2,(H4,24,25,27)(H,28,29,32)/t15?,19-/m1/s1. The molecule has 0 saturated carbocycles. The molecule has 2 aliphatic heterocycles. The van der Waals surface area contributed by atoms with Crippen LogP contribution in [0.1, 0.15) is 24.5 Å². The molecule has 2 aliphatic rings. The minimum Gasteiger partial charge on any atom is -0.374 e. The molecule has 2 fully saturated rings. The molecule has 10 heteroatoms. The van der Waals surface area contributed by atoms with Gasteiger partial charge in [0.1, 0.15) is 5.65 Å². The van der Waals surface area contributed by atoms with Crippen molar-refractivity contribution in [2.45, 2.75) is 24.9 Å². The molecule has 10 nitrogen and oxygen atoms in total. The first kappa shape index (κ1) is 21.5. The number of H-pyrrole nitrogens is 1. The Kier molecular flexibility index (Phi) is 6.01. The molecule has 3 aromatic rings. The Balaban J connectivity index is 1.31. The maximum atomic E-state index is 12.7. The lowest BCUT2D eigenvalue weighted by Crippen LogP contribution is -2.44. The minimum absolute atomic E-state index is 0.0208. The number of nitrogens with two attached hydrogens (primary N) is 1. The van der Waals surface area contributed by atoms with Crippen LogP contribution in [0.25, 0.3) is 16.7 Å². The van der Waals surface area contributed by atoms with Crippen LogP contribution in [0.2, 0.25) is 0 Å². The van der Waals surface area contributed by atoms with Crippen LogP contribution >= 0.6 is 0 Å². The fourth-order valence-electron chi connectivity index (χ4n) is 4.66. The number of hydrogen-bond acceptors (Lipinski definition) is 6. The third-order valence-corrected chi connectivity index (χ3v) is 6.44. The zero-order chi connectivity index (χ0) is 22.8. The van der Waals surface area contributed by atoms with Crippen molar-refractivity contribution in [3.8, 4) is 5.69 Å². The lowest BCUT2D eigenvalue weighted by molar-refractivity contribution is 0.0362. The Morgan fingerprint density at radius 3 is 2.88 bits per heavy atom. The molecule has 2 saturated heterocycles. The summed E-state index contributed by atoms with van der Waals surface area (Å²) in [6, 6.07) is 10.1. The highest BCUT2D eigenvalue weighted by molar-refractivity contribution is 5.76. The molecule has 1 aromatic carbocycles. The van der Waals surface area contributed by atoms with Gasteiger partial charge in [0, 0.05) is 55.1 Å². The van der Waals surface area contributed by atoms with Crippen LogP contribution in [0.3, 0.4) is 0 Å². The van der Waals surface area contributed by atoms with Gasteiger partial charge in [-0.25, -0.2) is 4.79 Å². The summed E-state index contributed by atoms with van der Waals surface area (Å²) in [5.41, 5.74) is 8.71. The number of morpholine rings is 1. The van der Waals surface area contributed by atoms with Gasteiger partial charge in [-0.2, -0.15) is 4.98 Å². The van der Waals surface area contributed by atoms with E-state index in [0.717, 1.165) is 61.5 Å². The summed E-state index contributed by atoms with van der Waals surface area (Å²) >= 11 is 0. The van der Waals surface area contributed by atoms with Gasteiger partial charge < -0.3 is 31.0 Å². The SMILES string of the molecule is N=C(N)NCC[C@@H]1CN(c2ccc(-n3cc4cc(C5CCNC5)[nH]c4nc3=O)cc2)CCO1. The van der Waals surface area contributed by atoms with Crippen LogP contribution < -0.4 is 27.0 Å². The van der Waals surface area contributed by atoms with Crippen LogP contribution in [-0.2, 0) is 4.74 Å². The maximum absolute atomic E-state index is 12.7. The monoisotopic (exact) mass is 450 g/mol. The van der Waals surface area contributed by atoms with Crippen molar-refractivity contribution in [2.24, 2.45) is 5.73 Å². The number of benzene rings is 1. The quantitative estimate of drug-likeness (QED) is 0.278. The summed E-state index contributed by atoms with van der Waals surface area (Å²) in [5, 5.41) is 14.4. The zero-order valence-corrected chi connectivity index (χ0v) is 18.5. The molecule has 33 heavy (non-hydrogen) atoms. The van der Waals surface area contributed by atoms with E-state index in [2.05, 4.69) is 31.6 Å². The number of rotatable bonds is 6. The highest BCUT2D eigenvalue weighted by Gasteiger charge is 2.21. The normalized spacial score (nSPS) is 20.9. The van der Waals surface area contributed by atoms with Gasteiger partial charge >= 0.3 is 5.69 Å². The molecule has 0 radical (unpaired) electrons. The Labute approximate surface area is 191 Å². The Morgan fingerprint density at radius 2 is 2.12 bits per heavy atom. The van der Waals surface area contributed by atoms with E-state index in [9.17, 15) is 4.79 Å². The van der Waals surface area contributed by atoms with Gasteiger partial charge in [-0.3, -0.25) is 9.98 Å². The number of aromatic amines is 1. The first-order valence-electron chi connectivity index (χ1n) is 11.4. The number of nitrogens with zero attached hydrogens (tertiary/aromatic N) is 3. The van der Waals surface area contributed by atoms with Crippen LogP contribution in [0.4, 0.5) is 5.69 Å². The number of fused-ring (bicyclic) bond motifs is 1. The predicted octanol–water partition coefficient (Wildman–Crippen LogP) is 0.869. The van der Waals surface area contributed by atoms with E-state index in [1.165, 1.54) is 0 Å². The highest BCUT2D eigenvalue weighted by Crippen LogP contribution is 2.25. The van der Waals surface area contributed by atoms with Gasteiger partial charge in [-0.15, -0.1) is 0 Å². The average molecular weight is 451 g/mol. The fraction of sp³-hybridized carbons (Fsp3) is 0.435.